The molecule has 3 nitrogen and oxygen atoms in total. The molecule has 0 spiro atoms. The van der Waals surface area contributed by atoms with E-state index in [-0.39, 0.29) is 11.9 Å². The monoisotopic (exact) mass is 231 g/mol. The molecule has 1 aromatic heterocycles. The summed E-state index contributed by atoms with van der Waals surface area (Å²) in [6.45, 7) is 3.80. The Morgan fingerprint density at radius 2 is 2.12 bits per heavy atom. The van der Waals surface area contributed by atoms with Gasteiger partial charge in [0.05, 0.1) is 6.04 Å². The van der Waals surface area contributed by atoms with Crippen LogP contribution in [-0.2, 0) is 0 Å². The number of aryl methyl sites for hydroxylation is 1. The second-order valence-corrected chi connectivity index (χ2v) is 3.91. The molecule has 0 radical (unpaired) electrons. The van der Waals surface area contributed by atoms with Crippen molar-refractivity contribution in [2.75, 3.05) is 5.32 Å². The highest BCUT2D eigenvalue weighted by Crippen LogP contribution is 2.18. The van der Waals surface area contributed by atoms with Crippen molar-refractivity contribution in [2.24, 2.45) is 0 Å². The Morgan fingerprint density at radius 1 is 1.29 bits per heavy atom. The van der Waals surface area contributed by atoms with Crippen molar-refractivity contribution in [3.05, 3.63) is 53.7 Å². The van der Waals surface area contributed by atoms with Gasteiger partial charge in [-0.2, -0.15) is 0 Å². The smallest absolute Gasteiger partial charge is 0.130 e. The summed E-state index contributed by atoms with van der Waals surface area (Å²) >= 11 is 0. The van der Waals surface area contributed by atoms with Gasteiger partial charge in [-0.1, -0.05) is 12.1 Å². The number of anilines is 1. The summed E-state index contributed by atoms with van der Waals surface area (Å²) in [7, 11) is 0. The highest BCUT2D eigenvalue weighted by molar-refractivity contribution is 5.37. The first kappa shape index (κ1) is 11.5. The maximum absolute atomic E-state index is 13.1. The number of benzene rings is 1. The fourth-order valence-corrected chi connectivity index (χ4v) is 1.62. The van der Waals surface area contributed by atoms with E-state index < -0.39 is 0 Å². The Kier molecular flexibility index (Phi) is 3.32. The van der Waals surface area contributed by atoms with Gasteiger partial charge in [0, 0.05) is 6.20 Å². The van der Waals surface area contributed by atoms with Gasteiger partial charge in [-0.3, -0.25) is 0 Å². The first-order chi connectivity index (χ1) is 8.15. The predicted octanol–water partition coefficient (Wildman–Crippen LogP) is 3.10. The van der Waals surface area contributed by atoms with Gasteiger partial charge in [-0.15, -0.1) is 0 Å². The van der Waals surface area contributed by atoms with Crippen molar-refractivity contribution in [3.8, 4) is 0 Å². The molecule has 1 aromatic carbocycles. The lowest BCUT2D eigenvalue weighted by atomic mass is 10.1. The van der Waals surface area contributed by atoms with Crippen LogP contribution in [0.3, 0.4) is 0 Å². The topological polar surface area (TPSA) is 37.8 Å². The minimum absolute atomic E-state index is 0.000000000000000222. The summed E-state index contributed by atoms with van der Waals surface area (Å²) in [5, 5.41) is 3.21. The molecule has 0 aliphatic rings. The van der Waals surface area contributed by atoms with Crippen LogP contribution in [0.25, 0.3) is 0 Å². The van der Waals surface area contributed by atoms with Crippen LogP contribution in [0, 0.1) is 12.7 Å². The number of nitrogens with one attached hydrogen (secondary N) is 1. The van der Waals surface area contributed by atoms with Crippen molar-refractivity contribution in [1.29, 1.82) is 0 Å². The molecule has 1 heterocycles. The molecule has 4 heteroatoms. The molecular formula is C13H14FN3. The number of rotatable bonds is 3. The number of aromatic nitrogens is 2. The Bertz CT molecular complexity index is 514. The van der Waals surface area contributed by atoms with Gasteiger partial charge < -0.3 is 5.32 Å². The Balaban J connectivity index is 2.14. The Labute approximate surface area is 99.7 Å². The van der Waals surface area contributed by atoms with Crippen LogP contribution < -0.4 is 5.32 Å². The Hall–Kier alpha value is -1.97. The third-order valence-electron chi connectivity index (χ3n) is 2.49. The lowest BCUT2D eigenvalue weighted by molar-refractivity contribution is 0.623. The second kappa shape index (κ2) is 4.91. The van der Waals surface area contributed by atoms with Gasteiger partial charge in [0.25, 0.3) is 0 Å². The fraction of sp³-hybridized carbons (Fsp3) is 0.231. The maximum atomic E-state index is 13.1. The van der Waals surface area contributed by atoms with E-state index >= 15 is 0 Å². The van der Waals surface area contributed by atoms with Gasteiger partial charge >= 0.3 is 0 Å². The van der Waals surface area contributed by atoms with E-state index in [1.807, 2.05) is 19.9 Å². The number of hydrogen-bond acceptors (Lipinski definition) is 3. The highest BCUT2D eigenvalue weighted by Gasteiger charge is 2.06. The molecule has 1 unspecified atom stereocenters. The average Bonchev–Trinajstić information content (AvgIpc) is 2.29. The van der Waals surface area contributed by atoms with Crippen LogP contribution in [0.2, 0.25) is 0 Å². The first-order valence-electron chi connectivity index (χ1n) is 5.47. The minimum Gasteiger partial charge on any atom is -0.363 e. The number of nitrogens with zero attached hydrogens (tertiary/aromatic N) is 2. The molecule has 0 bridgehead atoms. The van der Waals surface area contributed by atoms with E-state index in [9.17, 15) is 4.39 Å². The van der Waals surface area contributed by atoms with E-state index in [1.54, 1.807) is 18.3 Å². The molecule has 2 aromatic rings. The molecule has 2 rings (SSSR count). The summed E-state index contributed by atoms with van der Waals surface area (Å²) in [5.41, 5.74) is 0.890. The molecule has 1 atom stereocenters. The van der Waals surface area contributed by atoms with Crippen molar-refractivity contribution in [2.45, 2.75) is 19.9 Å². The fourth-order valence-electron chi connectivity index (χ4n) is 1.62. The largest absolute Gasteiger partial charge is 0.363 e. The van der Waals surface area contributed by atoms with Crippen LogP contribution in [0.15, 0.2) is 36.5 Å². The second-order valence-electron chi connectivity index (χ2n) is 3.91. The highest BCUT2D eigenvalue weighted by atomic mass is 19.1. The standard InChI is InChI=1S/C13H14FN3/c1-9(11-4-3-5-12(14)8-11)16-13-6-7-15-10(2)17-13/h3-9H,1-2H3,(H,15,16,17). The zero-order chi connectivity index (χ0) is 12.3. The summed E-state index contributed by atoms with van der Waals surface area (Å²) in [5.74, 6) is 1.23. The van der Waals surface area contributed by atoms with E-state index in [1.165, 1.54) is 12.1 Å². The lowest BCUT2D eigenvalue weighted by Crippen LogP contribution is -2.08. The SMILES string of the molecule is Cc1nccc(NC(C)c2cccc(F)c2)n1. The first-order valence-corrected chi connectivity index (χ1v) is 5.47. The van der Waals surface area contributed by atoms with E-state index in [4.69, 9.17) is 0 Å². The molecular weight excluding hydrogens is 217 g/mol. The van der Waals surface area contributed by atoms with E-state index in [2.05, 4.69) is 15.3 Å². The lowest BCUT2D eigenvalue weighted by Gasteiger charge is -2.15. The molecule has 17 heavy (non-hydrogen) atoms. The van der Waals surface area contributed by atoms with Crippen molar-refractivity contribution in [1.82, 2.24) is 9.97 Å². The minimum atomic E-state index is -0.227. The van der Waals surface area contributed by atoms with Gasteiger partial charge in [-0.25, -0.2) is 14.4 Å². The molecule has 0 saturated heterocycles. The third-order valence-corrected chi connectivity index (χ3v) is 2.49. The van der Waals surface area contributed by atoms with E-state index in [0.29, 0.717) is 5.82 Å². The van der Waals surface area contributed by atoms with Gasteiger partial charge in [0.15, 0.2) is 0 Å². The molecule has 88 valence electrons. The quantitative estimate of drug-likeness (QED) is 0.882. The molecule has 0 aliphatic heterocycles. The molecule has 1 N–H and O–H groups in total. The Morgan fingerprint density at radius 3 is 2.82 bits per heavy atom. The van der Waals surface area contributed by atoms with Crippen LogP contribution in [0.4, 0.5) is 10.2 Å². The van der Waals surface area contributed by atoms with Crippen molar-refractivity contribution < 1.29 is 4.39 Å². The van der Waals surface area contributed by atoms with Crippen molar-refractivity contribution >= 4 is 5.82 Å². The molecule has 0 aliphatic carbocycles. The average molecular weight is 231 g/mol. The van der Waals surface area contributed by atoms with Gasteiger partial charge in [0.2, 0.25) is 0 Å². The third kappa shape index (κ3) is 3.00. The molecule has 0 amide bonds. The van der Waals surface area contributed by atoms with Crippen LogP contribution in [-0.4, -0.2) is 9.97 Å². The van der Waals surface area contributed by atoms with Crippen LogP contribution >= 0.6 is 0 Å². The predicted molar refractivity (Wildman–Crippen MR) is 65.2 cm³/mol. The summed E-state index contributed by atoms with van der Waals surface area (Å²) in [6.07, 6.45) is 1.70. The van der Waals surface area contributed by atoms with Crippen LogP contribution in [0.5, 0.6) is 0 Å². The zero-order valence-corrected chi connectivity index (χ0v) is 9.81. The number of halogens is 1. The maximum Gasteiger partial charge on any atom is 0.130 e. The summed E-state index contributed by atoms with van der Waals surface area (Å²) in [6, 6.07) is 8.34. The molecule has 0 saturated carbocycles. The summed E-state index contributed by atoms with van der Waals surface area (Å²) < 4.78 is 13.1. The van der Waals surface area contributed by atoms with Gasteiger partial charge in [-0.05, 0) is 37.6 Å². The van der Waals surface area contributed by atoms with Crippen LogP contribution in [0.1, 0.15) is 24.4 Å². The normalized spacial score (nSPS) is 12.2. The van der Waals surface area contributed by atoms with E-state index in [0.717, 1.165) is 11.4 Å². The number of hydrogen-bond donors (Lipinski definition) is 1. The molecule has 0 fully saturated rings. The summed E-state index contributed by atoms with van der Waals surface area (Å²) in [4.78, 5) is 8.27. The van der Waals surface area contributed by atoms with Gasteiger partial charge in [0.1, 0.15) is 17.5 Å². The van der Waals surface area contributed by atoms with Crippen molar-refractivity contribution in [3.63, 3.8) is 0 Å². The zero-order valence-electron chi connectivity index (χ0n) is 9.81.